The Hall–Kier alpha value is -0.600. The van der Waals surface area contributed by atoms with E-state index in [4.69, 9.17) is 28.9 Å². The van der Waals surface area contributed by atoms with E-state index in [1.54, 1.807) is 12.1 Å². The predicted molar refractivity (Wildman–Crippen MR) is 71.6 cm³/mol. The van der Waals surface area contributed by atoms with E-state index < -0.39 is 0 Å². The first-order valence-corrected chi connectivity index (χ1v) is 6.43. The van der Waals surface area contributed by atoms with Gasteiger partial charge < -0.3 is 10.6 Å². The van der Waals surface area contributed by atoms with Crippen LogP contribution in [0.4, 0.5) is 11.4 Å². The van der Waals surface area contributed by atoms with Crippen molar-refractivity contribution < 1.29 is 0 Å². The molecule has 1 heterocycles. The lowest BCUT2D eigenvalue weighted by Crippen LogP contribution is -2.24. The lowest BCUT2D eigenvalue weighted by molar-refractivity contribution is 0.726. The molecule has 4 heteroatoms. The summed E-state index contributed by atoms with van der Waals surface area (Å²) >= 11 is 12.4. The van der Waals surface area contributed by atoms with Gasteiger partial charge in [0.05, 0.1) is 15.7 Å². The topological polar surface area (TPSA) is 29.3 Å². The summed E-state index contributed by atoms with van der Waals surface area (Å²) in [7, 11) is 0. The molecule has 2 rings (SSSR count). The largest absolute Gasteiger partial charge is 0.399 e. The van der Waals surface area contributed by atoms with Gasteiger partial charge in [-0.15, -0.1) is 0 Å². The summed E-state index contributed by atoms with van der Waals surface area (Å²) in [5, 5.41) is 1.32. The summed E-state index contributed by atoms with van der Waals surface area (Å²) in [5.41, 5.74) is 7.26. The third kappa shape index (κ3) is 2.55. The Morgan fingerprint density at radius 2 is 1.44 bits per heavy atom. The summed E-state index contributed by atoms with van der Waals surface area (Å²) in [6.45, 7) is 2.06. The second-order valence-corrected chi connectivity index (χ2v) is 5.05. The van der Waals surface area contributed by atoms with E-state index >= 15 is 0 Å². The molecule has 88 valence electrons. The molecule has 2 nitrogen and oxygen atoms in total. The minimum absolute atomic E-state index is 0.619. The van der Waals surface area contributed by atoms with E-state index in [0.29, 0.717) is 15.7 Å². The van der Waals surface area contributed by atoms with Crippen LogP contribution >= 0.6 is 23.2 Å². The molecule has 0 saturated carbocycles. The zero-order valence-corrected chi connectivity index (χ0v) is 10.7. The molecule has 1 fully saturated rings. The molecule has 1 aromatic rings. The molecule has 1 saturated heterocycles. The van der Waals surface area contributed by atoms with Gasteiger partial charge >= 0.3 is 0 Å². The molecule has 0 radical (unpaired) electrons. The third-order valence-corrected chi connectivity index (χ3v) is 3.54. The van der Waals surface area contributed by atoms with Gasteiger partial charge in [-0.1, -0.05) is 36.0 Å². The monoisotopic (exact) mass is 258 g/mol. The van der Waals surface area contributed by atoms with Gasteiger partial charge in [0, 0.05) is 18.8 Å². The lowest BCUT2D eigenvalue weighted by atomic mass is 10.2. The fourth-order valence-electron chi connectivity index (χ4n) is 2.18. The maximum Gasteiger partial charge on any atom is 0.0746 e. The van der Waals surface area contributed by atoms with Crippen LogP contribution in [0.3, 0.4) is 0 Å². The Morgan fingerprint density at radius 1 is 0.938 bits per heavy atom. The first-order chi connectivity index (χ1) is 7.68. The van der Waals surface area contributed by atoms with Gasteiger partial charge in [0.25, 0.3) is 0 Å². The van der Waals surface area contributed by atoms with E-state index in [2.05, 4.69) is 4.90 Å². The second kappa shape index (κ2) is 5.15. The van der Waals surface area contributed by atoms with Crippen molar-refractivity contribution in [2.45, 2.75) is 25.7 Å². The molecule has 1 aromatic carbocycles. The molecule has 0 bridgehead atoms. The standard InChI is InChI=1S/C12H16Cl2N2/c13-10-7-9(15)8-11(14)12(10)16-5-3-1-2-4-6-16/h7-8H,1-6,15H2. The number of hydrogen-bond donors (Lipinski definition) is 1. The molecular weight excluding hydrogens is 243 g/mol. The van der Waals surface area contributed by atoms with E-state index in [0.717, 1.165) is 18.8 Å². The fraction of sp³-hybridized carbons (Fsp3) is 0.500. The first-order valence-electron chi connectivity index (χ1n) is 5.68. The molecular formula is C12H16Cl2N2. The number of nitrogen functional groups attached to an aromatic ring is 1. The van der Waals surface area contributed by atoms with E-state index in [9.17, 15) is 0 Å². The third-order valence-electron chi connectivity index (χ3n) is 2.96. The highest BCUT2D eigenvalue weighted by molar-refractivity contribution is 6.39. The van der Waals surface area contributed by atoms with Crippen LogP contribution in [-0.4, -0.2) is 13.1 Å². The molecule has 0 unspecified atom stereocenters. The minimum atomic E-state index is 0.619. The summed E-state index contributed by atoms with van der Waals surface area (Å²) in [6, 6.07) is 3.54. The number of benzene rings is 1. The van der Waals surface area contributed by atoms with Crippen LogP contribution in [0.25, 0.3) is 0 Å². The molecule has 0 aliphatic carbocycles. The molecule has 1 aliphatic heterocycles. The Kier molecular flexibility index (Phi) is 3.82. The van der Waals surface area contributed by atoms with E-state index in [1.165, 1.54) is 25.7 Å². The van der Waals surface area contributed by atoms with Crippen LogP contribution in [0.1, 0.15) is 25.7 Å². The first kappa shape index (κ1) is 11.9. The van der Waals surface area contributed by atoms with Crippen LogP contribution in [-0.2, 0) is 0 Å². The SMILES string of the molecule is Nc1cc(Cl)c(N2CCCCCC2)c(Cl)c1. The van der Waals surface area contributed by atoms with Crippen LogP contribution in [0.5, 0.6) is 0 Å². The predicted octanol–water partition coefficient (Wildman–Crippen LogP) is 3.96. The highest BCUT2D eigenvalue weighted by Gasteiger charge is 2.16. The number of anilines is 2. The van der Waals surface area contributed by atoms with Crippen LogP contribution in [0.2, 0.25) is 10.0 Å². The molecule has 0 amide bonds. The van der Waals surface area contributed by atoms with Gasteiger partial charge in [0.1, 0.15) is 0 Å². The summed E-state index contributed by atoms with van der Waals surface area (Å²) in [5.74, 6) is 0. The zero-order valence-electron chi connectivity index (χ0n) is 9.18. The molecule has 16 heavy (non-hydrogen) atoms. The van der Waals surface area contributed by atoms with Crippen LogP contribution < -0.4 is 10.6 Å². The van der Waals surface area contributed by atoms with Gasteiger partial charge in [-0.25, -0.2) is 0 Å². The smallest absolute Gasteiger partial charge is 0.0746 e. The van der Waals surface area contributed by atoms with Gasteiger partial charge in [-0.3, -0.25) is 0 Å². The van der Waals surface area contributed by atoms with Crippen LogP contribution in [0, 0.1) is 0 Å². The van der Waals surface area contributed by atoms with Crippen molar-refractivity contribution in [2.24, 2.45) is 0 Å². The zero-order chi connectivity index (χ0) is 11.5. The second-order valence-electron chi connectivity index (χ2n) is 4.23. The van der Waals surface area contributed by atoms with Crippen molar-refractivity contribution in [3.63, 3.8) is 0 Å². The Morgan fingerprint density at radius 3 is 1.94 bits per heavy atom. The van der Waals surface area contributed by atoms with Crippen molar-refractivity contribution >= 4 is 34.6 Å². The quantitative estimate of drug-likeness (QED) is 0.773. The lowest BCUT2D eigenvalue weighted by Gasteiger charge is -2.25. The molecule has 0 atom stereocenters. The fourth-order valence-corrected chi connectivity index (χ4v) is 2.92. The van der Waals surface area contributed by atoms with Crippen molar-refractivity contribution in [3.8, 4) is 0 Å². The Labute approximate surface area is 106 Å². The highest BCUT2D eigenvalue weighted by atomic mass is 35.5. The number of hydrogen-bond acceptors (Lipinski definition) is 2. The molecule has 2 N–H and O–H groups in total. The molecule has 0 aromatic heterocycles. The molecule has 0 spiro atoms. The number of rotatable bonds is 1. The number of nitrogens with two attached hydrogens (primary N) is 1. The maximum atomic E-state index is 6.22. The van der Waals surface area contributed by atoms with Crippen molar-refractivity contribution in [1.29, 1.82) is 0 Å². The average molecular weight is 259 g/mol. The van der Waals surface area contributed by atoms with Gasteiger partial charge in [-0.05, 0) is 25.0 Å². The highest BCUT2D eigenvalue weighted by Crippen LogP contribution is 2.36. The Bertz CT molecular complexity index is 348. The maximum absolute atomic E-state index is 6.22. The normalized spacial score (nSPS) is 17.2. The van der Waals surface area contributed by atoms with Crippen LogP contribution in [0.15, 0.2) is 12.1 Å². The minimum Gasteiger partial charge on any atom is -0.399 e. The summed E-state index contributed by atoms with van der Waals surface area (Å²) in [6.07, 6.45) is 5.00. The van der Waals surface area contributed by atoms with Gasteiger partial charge in [-0.2, -0.15) is 0 Å². The van der Waals surface area contributed by atoms with Crippen molar-refractivity contribution in [1.82, 2.24) is 0 Å². The summed E-state index contributed by atoms with van der Waals surface area (Å²) < 4.78 is 0. The van der Waals surface area contributed by atoms with Crippen molar-refractivity contribution in [3.05, 3.63) is 22.2 Å². The Balaban J connectivity index is 2.31. The van der Waals surface area contributed by atoms with E-state index in [-0.39, 0.29) is 0 Å². The van der Waals surface area contributed by atoms with Crippen molar-refractivity contribution in [2.75, 3.05) is 23.7 Å². The number of nitrogens with zero attached hydrogens (tertiary/aromatic N) is 1. The average Bonchev–Trinajstić information content (AvgIpc) is 2.44. The van der Waals surface area contributed by atoms with E-state index in [1.807, 2.05) is 0 Å². The van der Waals surface area contributed by atoms with Gasteiger partial charge in [0.2, 0.25) is 0 Å². The van der Waals surface area contributed by atoms with Gasteiger partial charge in [0.15, 0.2) is 0 Å². The molecule has 1 aliphatic rings. The summed E-state index contributed by atoms with van der Waals surface area (Å²) in [4.78, 5) is 2.27. The number of halogens is 2.